The summed E-state index contributed by atoms with van der Waals surface area (Å²) in [7, 11) is 0. The van der Waals surface area contributed by atoms with Gasteiger partial charge in [0, 0.05) is 18.6 Å². The summed E-state index contributed by atoms with van der Waals surface area (Å²) in [6.07, 6.45) is 6.15. The number of aromatic nitrogens is 2. The highest BCUT2D eigenvalue weighted by Gasteiger charge is 2.06. The first kappa shape index (κ1) is 10.1. The summed E-state index contributed by atoms with van der Waals surface area (Å²) in [5, 5.41) is 2.69. The second-order valence-corrected chi connectivity index (χ2v) is 3.20. The van der Waals surface area contributed by atoms with Crippen LogP contribution in [0.15, 0.2) is 43.0 Å². The van der Waals surface area contributed by atoms with Crippen LogP contribution in [0, 0.1) is 0 Å². The van der Waals surface area contributed by atoms with E-state index in [1.54, 1.807) is 30.6 Å². The second-order valence-electron chi connectivity index (χ2n) is 3.20. The van der Waals surface area contributed by atoms with Crippen LogP contribution in [0.4, 0.5) is 11.4 Å². The Bertz CT molecular complexity index is 498. The predicted molar refractivity (Wildman–Crippen MR) is 60.8 cm³/mol. The third-order valence-electron chi connectivity index (χ3n) is 1.94. The maximum Gasteiger partial charge on any atom is 0.257 e. The Labute approximate surface area is 92.3 Å². The first-order valence-corrected chi connectivity index (χ1v) is 4.67. The molecule has 5 heteroatoms. The minimum absolute atomic E-state index is 0.257. The number of rotatable bonds is 2. The topological polar surface area (TPSA) is 80.9 Å². The molecule has 0 bridgehead atoms. The van der Waals surface area contributed by atoms with E-state index in [9.17, 15) is 4.79 Å². The molecule has 0 radical (unpaired) electrons. The average molecular weight is 214 g/mol. The van der Waals surface area contributed by atoms with Gasteiger partial charge in [-0.05, 0) is 18.2 Å². The third kappa shape index (κ3) is 2.33. The Morgan fingerprint density at radius 1 is 1.25 bits per heavy atom. The van der Waals surface area contributed by atoms with Gasteiger partial charge in [0.2, 0.25) is 0 Å². The highest BCUT2D eigenvalue weighted by atomic mass is 16.1. The van der Waals surface area contributed by atoms with Gasteiger partial charge >= 0.3 is 0 Å². The summed E-state index contributed by atoms with van der Waals surface area (Å²) in [6, 6.07) is 5.07. The maximum atomic E-state index is 11.7. The molecule has 0 saturated carbocycles. The number of hydrogen-bond donors (Lipinski definition) is 2. The van der Waals surface area contributed by atoms with Crippen LogP contribution in [0.3, 0.4) is 0 Å². The van der Waals surface area contributed by atoms with Crippen molar-refractivity contribution in [2.45, 2.75) is 0 Å². The Kier molecular flexibility index (Phi) is 2.77. The van der Waals surface area contributed by atoms with Crippen molar-refractivity contribution >= 4 is 17.3 Å². The van der Waals surface area contributed by atoms with Crippen LogP contribution in [-0.2, 0) is 0 Å². The van der Waals surface area contributed by atoms with Crippen LogP contribution in [0.2, 0.25) is 0 Å². The zero-order valence-electron chi connectivity index (χ0n) is 8.42. The lowest BCUT2D eigenvalue weighted by Gasteiger charge is -2.04. The van der Waals surface area contributed by atoms with E-state index in [2.05, 4.69) is 15.3 Å². The van der Waals surface area contributed by atoms with Crippen LogP contribution in [0.5, 0.6) is 0 Å². The average Bonchev–Trinajstić information content (AvgIpc) is 2.30. The van der Waals surface area contributed by atoms with Crippen LogP contribution < -0.4 is 11.1 Å². The van der Waals surface area contributed by atoms with Gasteiger partial charge in [0.25, 0.3) is 5.91 Å². The molecule has 0 aromatic carbocycles. The first-order valence-electron chi connectivity index (χ1n) is 4.67. The number of hydrogen-bond acceptors (Lipinski definition) is 4. The molecule has 0 aliphatic rings. The van der Waals surface area contributed by atoms with Crippen molar-refractivity contribution in [3.63, 3.8) is 0 Å². The Hall–Kier alpha value is -2.43. The van der Waals surface area contributed by atoms with Gasteiger partial charge in [-0.2, -0.15) is 0 Å². The van der Waals surface area contributed by atoms with Crippen LogP contribution >= 0.6 is 0 Å². The second kappa shape index (κ2) is 4.39. The highest BCUT2D eigenvalue weighted by molar-refractivity contribution is 6.04. The molecule has 2 rings (SSSR count). The minimum atomic E-state index is -0.257. The Morgan fingerprint density at radius 2 is 2.12 bits per heavy atom. The summed E-state index contributed by atoms with van der Waals surface area (Å²) < 4.78 is 0. The smallest absolute Gasteiger partial charge is 0.257 e. The number of anilines is 2. The van der Waals surface area contributed by atoms with E-state index >= 15 is 0 Å². The van der Waals surface area contributed by atoms with E-state index in [1.807, 2.05) is 0 Å². The lowest BCUT2D eigenvalue weighted by Crippen LogP contribution is -2.12. The van der Waals surface area contributed by atoms with Crippen molar-refractivity contribution in [3.05, 3.63) is 48.5 Å². The first-order chi connectivity index (χ1) is 7.75. The molecule has 3 N–H and O–H groups in total. The molecule has 0 fully saturated rings. The van der Waals surface area contributed by atoms with Crippen molar-refractivity contribution < 1.29 is 4.79 Å². The van der Waals surface area contributed by atoms with Crippen molar-refractivity contribution in [1.82, 2.24) is 9.97 Å². The summed E-state index contributed by atoms with van der Waals surface area (Å²) in [4.78, 5) is 19.5. The van der Waals surface area contributed by atoms with Crippen molar-refractivity contribution in [2.24, 2.45) is 0 Å². The molecule has 2 aromatic heterocycles. The molecule has 0 unspecified atom stereocenters. The van der Waals surface area contributed by atoms with E-state index in [-0.39, 0.29) is 5.91 Å². The van der Waals surface area contributed by atoms with Crippen molar-refractivity contribution in [1.29, 1.82) is 0 Å². The van der Waals surface area contributed by atoms with Gasteiger partial charge in [0.1, 0.15) is 0 Å². The van der Waals surface area contributed by atoms with Crippen molar-refractivity contribution in [3.8, 4) is 0 Å². The molecule has 5 nitrogen and oxygen atoms in total. The molecular weight excluding hydrogens is 204 g/mol. The number of nitrogens with two attached hydrogens (primary N) is 1. The fourth-order valence-corrected chi connectivity index (χ4v) is 1.22. The van der Waals surface area contributed by atoms with Crippen LogP contribution in [0.25, 0.3) is 0 Å². The van der Waals surface area contributed by atoms with Gasteiger partial charge in [-0.3, -0.25) is 14.8 Å². The number of amides is 1. The minimum Gasteiger partial charge on any atom is -0.397 e. The third-order valence-corrected chi connectivity index (χ3v) is 1.94. The molecule has 0 saturated heterocycles. The van der Waals surface area contributed by atoms with Crippen LogP contribution in [0.1, 0.15) is 10.4 Å². The van der Waals surface area contributed by atoms with E-state index in [0.717, 1.165) is 0 Å². The fraction of sp³-hybridized carbons (Fsp3) is 0. The SMILES string of the molecule is Nc1cncc(C(=O)Nc2cccnc2)c1. The molecule has 80 valence electrons. The van der Waals surface area contributed by atoms with Gasteiger partial charge in [-0.15, -0.1) is 0 Å². The van der Waals surface area contributed by atoms with E-state index < -0.39 is 0 Å². The van der Waals surface area contributed by atoms with Gasteiger partial charge in [-0.1, -0.05) is 0 Å². The van der Waals surface area contributed by atoms with Crippen LogP contribution in [-0.4, -0.2) is 15.9 Å². The Balaban J connectivity index is 2.15. The normalized spacial score (nSPS) is 9.75. The molecule has 0 spiro atoms. The molecule has 0 aliphatic carbocycles. The molecule has 2 aromatic rings. The molecule has 1 amide bonds. The number of pyridine rings is 2. The van der Waals surface area contributed by atoms with Gasteiger partial charge in [-0.25, -0.2) is 0 Å². The standard InChI is InChI=1S/C11H10N4O/c12-9-4-8(5-14-6-9)11(16)15-10-2-1-3-13-7-10/h1-7H,12H2,(H,15,16). The quantitative estimate of drug-likeness (QED) is 0.789. The molecule has 16 heavy (non-hydrogen) atoms. The predicted octanol–water partition coefficient (Wildman–Crippen LogP) is 1.31. The highest BCUT2D eigenvalue weighted by Crippen LogP contribution is 2.08. The van der Waals surface area contributed by atoms with Crippen molar-refractivity contribution in [2.75, 3.05) is 11.1 Å². The Morgan fingerprint density at radius 3 is 2.81 bits per heavy atom. The molecular formula is C11H10N4O. The van der Waals surface area contributed by atoms with Gasteiger partial charge in [0.15, 0.2) is 0 Å². The van der Waals surface area contributed by atoms with Gasteiger partial charge < -0.3 is 11.1 Å². The molecule has 0 atom stereocenters. The molecule has 2 heterocycles. The largest absolute Gasteiger partial charge is 0.397 e. The number of nitrogens with zero attached hydrogens (tertiary/aromatic N) is 2. The van der Waals surface area contributed by atoms with Gasteiger partial charge in [0.05, 0.1) is 23.1 Å². The zero-order chi connectivity index (χ0) is 11.4. The van der Waals surface area contributed by atoms with E-state index in [4.69, 9.17) is 5.73 Å². The summed E-state index contributed by atoms with van der Waals surface area (Å²) in [5.74, 6) is -0.257. The summed E-state index contributed by atoms with van der Waals surface area (Å²) in [6.45, 7) is 0. The monoisotopic (exact) mass is 214 g/mol. The summed E-state index contributed by atoms with van der Waals surface area (Å²) in [5.41, 5.74) is 7.05. The number of nitrogens with one attached hydrogen (secondary N) is 1. The number of nitrogen functional groups attached to an aromatic ring is 1. The van der Waals surface area contributed by atoms with E-state index in [1.165, 1.54) is 12.4 Å². The number of carbonyl (C=O) groups excluding carboxylic acids is 1. The lowest BCUT2D eigenvalue weighted by molar-refractivity contribution is 0.102. The molecule has 0 aliphatic heterocycles. The summed E-state index contributed by atoms with van der Waals surface area (Å²) >= 11 is 0. The zero-order valence-corrected chi connectivity index (χ0v) is 8.42. The van der Waals surface area contributed by atoms with E-state index in [0.29, 0.717) is 16.9 Å². The number of carbonyl (C=O) groups is 1. The fourth-order valence-electron chi connectivity index (χ4n) is 1.22. The maximum absolute atomic E-state index is 11.7. The lowest BCUT2D eigenvalue weighted by atomic mass is 10.2.